The van der Waals surface area contributed by atoms with Crippen molar-refractivity contribution in [3.8, 4) is 0 Å². The number of benzene rings is 3. The van der Waals surface area contributed by atoms with E-state index in [4.69, 9.17) is 23.2 Å². The van der Waals surface area contributed by atoms with Crippen molar-refractivity contribution in [2.45, 2.75) is 26.2 Å². The van der Waals surface area contributed by atoms with Gasteiger partial charge in [0.1, 0.15) is 0 Å². The van der Waals surface area contributed by atoms with Crippen LogP contribution in [-0.2, 0) is 0 Å². The predicted octanol–water partition coefficient (Wildman–Crippen LogP) is 6.68. The number of amides is 1. The topological polar surface area (TPSA) is 26.8 Å². The van der Waals surface area contributed by atoms with E-state index < -0.39 is 0 Å². The average Bonchev–Trinajstić information content (AvgIpc) is 2.88. The molecule has 0 N–H and O–H groups in total. The van der Waals surface area contributed by atoms with Crippen LogP contribution in [0.5, 0.6) is 0 Å². The van der Waals surface area contributed by atoms with Crippen LogP contribution >= 0.6 is 23.2 Å². The van der Waals surface area contributed by atoms with E-state index in [1.807, 2.05) is 56.1 Å². The van der Waals surface area contributed by atoms with Crippen molar-refractivity contribution in [2.75, 3.05) is 51.2 Å². The molecule has 1 aliphatic heterocycles. The van der Waals surface area contributed by atoms with Crippen molar-refractivity contribution in [2.24, 2.45) is 0 Å². The minimum atomic E-state index is 0.0448. The molecule has 0 saturated carbocycles. The Hall–Kier alpha value is -2.53. The lowest BCUT2D eigenvalue weighted by atomic mass is 9.94. The van der Waals surface area contributed by atoms with Crippen molar-refractivity contribution in [1.29, 1.82) is 0 Å². The Balaban J connectivity index is 1.43. The SMILES string of the molecule is Cc1cc(C)cc(C(=O)N(C)C[C@@H](CCN2CCN(c3ccccc3)CC2)c2ccc(Cl)c(Cl)c2)c1. The highest BCUT2D eigenvalue weighted by molar-refractivity contribution is 6.42. The third-order valence-electron chi connectivity index (χ3n) is 7.01. The molecule has 1 saturated heterocycles. The largest absolute Gasteiger partial charge is 0.369 e. The summed E-state index contributed by atoms with van der Waals surface area (Å²) in [5, 5.41) is 1.11. The van der Waals surface area contributed by atoms with Crippen LogP contribution in [0.2, 0.25) is 10.0 Å². The Labute approximate surface area is 225 Å². The van der Waals surface area contributed by atoms with Crippen molar-refractivity contribution in [3.05, 3.63) is 99.0 Å². The van der Waals surface area contributed by atoms with Gasteiger partial charge in [0.2, 0.25) is 0 Å². The van der Waals surface area contributed by atoms with Crippen molar-refractivity contribution in [1.82, 2.24) is 9.80 Å². The molecule has 0 radical (unpaired) electrons. The molecule has 4 nitrogen and oxygen atoms in total. The Morgan fingerprint density at radius 1 is 0.889 bits per heavy atom. The number of likely N-dealkylation sites (N-methyl/N-ethyl adjacent to an activating group) is 1. The quantitative estimate of drug-likeness (QED) is 0.329. The number of carbonyl (C=O) groups excluding carboxylic acids is 1. The Morgan fingerprint density at radius 2 is 1.56 bits per heavy atom. The highest BCUT2D eigenvalue weighted by Crippen LogP contribution is 2.29. The van der Waals surface area contributed by atoms with Gasteiger partial charge in [0, 0.05) is 56.9 Å². The molecule has 1 atom stereocenters. The fourth-order valence-electron chi connectivity index (χ4n) is 5.07. The highest BCUT2D eigenvalue weighted by atomic mass is 35.5. The standard InChI is InChI=1S/C30H35Cl2N3O/c1-22-17-23(2)19-26(18-22)30(36)33(3)21-25(24-9-10-28(31)29(32)20-24)11-12-34-13-15-35(16-14-34)27-7-5-4-6-8-27/h4-10,17-20,25H,11-16,21H2,1-3H3/t25-/m1/s1. The van der Waals surface area contributed by atoms with Crippen LogP contribution in [0, 0.1) is 13.8 Å². The number of rotatable bonds is 8. The Morgan fingerprint density at radius 3 is 2.19 bits per heavy atom. The fraction of sp³-hybridized carbons (Fsp3) is 0.367. The van der Waals surface area contributed by atoms with Gasteiger partial charge in [0.15, 0.2) is 0 Å². The summed E-state index contributed by atoms with van der Waals surface area (Å²) in [5.41, 5.74) is 5.34. The molecule has 1 fully saturated rings. The monoisotopic (exact) mass is 523 g/mol. The molecule has 0 aliphatic carbocycles. The summed E-state index contributed by atoms with van der Waals surface area (Å²) < 4.78 is 0. The second-order valence-electron chi connectivity index (χ2n) is 9.89. The van der Waals surface area contributed by atoms with E-state index in [-0.39, 0.29) is 11.8 Å². The van der Waals surface area contributed by atoms with Crippen LogP contribution in [0.15, 0.2) is 66.7 Å². The number of hydrogen-bond acceptors (Lipinski definition) is 3. The van der Waals surface area contributed by atoms with Crippen molar-refractivity contribution >= 4 is 34.8 Å². The predicted molar refractivity (Wildman–Crippen MR) is 152 cm³/mol. The van der Waals surface area contributed by atoms with Gasteiger partial charge in [-0.2, -0.15) is 0 Å². The van der Waals surface area contributed by atoms with Gasteiger partial charge in [0.05, 0.1) is 10.0 Å². The van der Waals surface area contributed by atoms with Gasteiger partial charge in [-0.25, -0.2) is 0 Å². The van der Waals surface area contributed by atoms with E-state index in [1.165, 1.54) is 5.69 Å². The molecule has 4 rings (SSSR count). The number of para-hydroxylation sites is 1. The van der Waals surface area contributed by atoms with Crippen LogP contribution in [0.1, 0.15) is 39.4 Å². The zero-order valence-corrected chi connectivity index (χ0v) is 22.9. The van der Waals surface area contributed by atoms with E-state index in [0.717, 1.165) is 61.4 Å². The van der Waals surface area contributed by atoms with Crippen LogP contribution in [0.3, 0.4) is 0 Å². The smallest absolute Gasteiger partial charge is 0.253 e. The lowest BCUT2D eigenvalue weighted by molar-refractivity contribution is 0.0782. The maximum absolute atomic E-state index is 13.3. The zero-order chi connectivity index (χ0) is 25.7. The van der Waals surface area contributed by atoms with Crippen LogP contribution in [-0.4, -0.2) is 62.0 Å². The lowest BCUT2D eigenvalue weighted by Gasteiger charge is -2.37. The summed E-state index contributed by atoms with van der Waals surface area (Å²) in [5.74, 6) is 0.204. The first-order valence-electron chi connectivity index (χ1n) is 12.6. The van der Waals surface area contributed by atoms with Crippen LogP contribution in [0.25, 0.3) is 0 Å². The van der Waals surface area contributed by atoms with E-state index >= 15 is 0 Å². The van der Waals surface area contributed by atoms with Gasteiger partial charge in [-0.05, 0) is 68.8 Å². The molecule has 0 aromatic heterocycles. The molecule has 1 heterocycles. The molecule has 0 unspecified atom stereocenters. The van der Waals surface area contributed by atoms with Crippen LogP contribution in [0.4, 0.5) is 5.69 Å². The van der Waals surface area contributed by atoms with Gasteiger partial charge in [0.25, 0.3) is 5.91 Å². The first-order valence-corrected chi connectivity index (χ1v) is 13.4. The number of nitrogens with zero attached hydrogens (tertiary/aromatic N) is 3. The molecule has 6 heteroatoms. The summed E-state index contributed by atoms with van der Waals surface area (Å²) in [6, 6.07) is 22.5. The van der Waals surface area contributed by atoms with Crippen LogP contribution < -0.4 is 4.90 Å². The Kier molecular flexibility index (Phi) is 8.95. The second kappa shape index (κ2) is 12.1. The molecule has 0 spiro atoms. The molecule has 3 aromatic carbocycles. The summed E-state index contributed by atoms with van der Waals surface area (Å²) in [4.78, 5) is 20.1. The summed E-state index contributed by atoms with van der Waals surface area (Å²) >= 11 is 12.6. The first kappa shape index (κ1) is 26.5. The van der Waals surface area contributed by atoms with Gasteiger partial charge < -0.3 is 9.80 Å². The average molecular weight is 525 g/mol. The molecule has 36 heavy (non-hydrogen) atoms. The minimum absolute atomic E-state index is 0.0448. The fourth-order valence-corrected chi connectivity index (χ4v) is 5.38. The number of piperazine rings is 1. The maximum atomic E-state index is 13.3. The minimum Gasteiger partial charge on any atom is -0.369 e. The molecule has 1 amide bonds. The molecule has 190 valence electrons. The van der Waals surface area contributed by atoms with E-state index in [9.17, 15) is 4.79 Å². The normalized spacial score (nSPS) is 15.1. The maximum Gasteiger partial charge on any atom is 0.253 e. The molecular weight excluding hydrogens is 489 g/mol. The zero-order valence-electron chi connectivity index (χ0n) is 21.4. The summed E-state index contributed by atoms with van der Waals surface area (Å²) in [6.07, 6.45) is 0.938. The molecule has 0 bridgehead atoms. The lowest BCUT2D eigenvalue weighted by Crippen LogP contribution is -2.47. The molecule has 1 aliphatic rings. The third-order valence-corrected chi connectivity index (χ3v) is 7.75. The number of halogens is 2. The van der Waals surface area contributed by atoms with Crippen molar-refractivity contribution in [3.63, 3.8) is 0 Å². The highest BCUT2D eigenvalue weighted by Gasteiger charge is 2.23. The van der Waals surface area contributed by atoms with E-state index in [2.05, 4.69) is 46.2 Å². The molecule has 3 aromatic rings. The Bertz CT molecular complexity index is 1160. The molecular formula is C30H35Cl2N3O. The number of hydrogen-bond donors (Lipinski definition) is 0. The van der Waals surface area contributed by atoms with E-state index in [0.29, 0.717) is 16.6 Å². The van der Waals surface area contributed by atoms with Gasteiger partial charge in [-0.15, -0.1) is 0 Å². The number of aryl methyl sites for hydroxylation is 2. The number of carbonyl (C=O) groups is 1. The first-order chi connectivity index (χ1) is 17.3. The van der Waals surface area contributed by atoms with E-state index in [1.54, 1.807) is 0 Å². The summed E-state index contributed by atoms with van der Waals surface area (Å²) in [7, 11) is 1.89. The number of anilines is 1. The van der Waals surface area contributed by atoms with Gasteiger partial charge in [-0.1, -0.05) is 64.7 Å². The third kappa shape index (κ3) is 6.82. The summed E-state index contributed by atoms with van der Waals surface area (Å²) in [6.45, 7) is 9.74. The van der Waals surface area contributed by atoms with Gasteiger partial charge in [-0.3, -0.25) is 9.69 Å². The van der Waals surface area contributed by atoms with Crippen molar-refractivity contribution < 1.29 is 4.79 Å². The second-order valence-corrected chi connectivity index (χ2v) is 10.7. The van der Waals surface area contributed by atoms with Gasteiger partial charge >= 0.3 is 0 Å².